The summed E-state index contributed by atoms with van der Waals surface area (Å²) >= 11 is 1.10. The molecule has 0 heterocycles. The number of hydrogen-bond donors (Lipinski definition) is 0. The van der Waals surface area contributed by atoms with Gasteiger partial charge in [-0.1, -0.05) is 0 Å². The number of hydrogen-bond acceptors (Lipinski definition) is 1. The fourth-order valence-electron chi connectivity index (χ4n) is 0. The smallest absolute Gasteiger partial charge is 2.00 e. The first-order chi connectivity index (χ1) is 1.00. The van der Waals surface area contributed by atoms with Crippen molar-refractivity contribution in [3.05, 3.63) is 0 Å². The quantitative estimate of drug-likeness (QED) is 0.502. The molecule has 0 radical (unpaired) electrons. The normalized spacial score (nSPS) is 1.00. The van der Waals surface area contributed by atoms with Gasteiger partial charge in [0.15, 0.2) is 0 Å². The topological polar surface area (TPSA) is 45.6 Å². The van der Waals surface area contributed by atoms with E-state index < -0.39 is 0 Å². The Labute approximate surface area is 71.5 Å². The van der Waals surface area contributed by atoms with E-state index in [2.05, 4.69) is 0 Å². The number of rotatable bonds is 0. The minimum atomic E-state index is 0. The van der Waals surface area contributed by atoms with Crippen molar-refractivity contribution in [3.63, 3.8) is 0 Å². The second-order valence-corrected chi connectivity index (χ2v) is 0. The molecule has 0 aliphatic rings. The Morgan fingerprint density at radius 1 is 1.25 bits per heavy atom. The van der Waals surface area contributed by atoms with E-state index in [1.807, 2.05) is 0 Å². The predicted molar refractivity (Wildman–Crippen MR) is 7.13 cm³/mol. The largest absolute Gasteiger partial charge is 2.00 e. The van der Waals surface area contributed by atoms with Gasteiger partial charge in [-0.2, -0.15) is 0 Å². The molecular weight excluding hydrogens is 221 g/mol. The third-order valence-corrected chi connectivity index (χ3v) is 0. The van der Waals surface area contributed by atoms with Gasteiger partial charge in [0.05, 0.1) is 0 Å². The Balaban J connectivity index is -0.00000000500. The van der Waals surface area contributed by atoms with Gasteiger partial charge in [0.2, 0.25) is 0 Å². The predicted octanol–water partition coefficient (Wildman–Crippen LogP) is -0.621. The first-order valence-electron chi connectivity index (χ1n) is 0.144. The summed E-state index contributed by atoms with van der Waals surface area (Å²) in [6, 6.07) is 0. The van der Waals surface area contributed by atoms with Crippen LogP contribution in [0.5, 0.6) is 0 Å². The van der Waals surface area contributed by atoms with Crippen molar-refractivity contribution in [3.8, 4) is 0 Å². The van der Waals surface area contributed by atoms with Crippen LogP contribution in [-0.4, -0.2) is 45.5 Å². The average molecular weight is 221 g/mol. The van der Waals surface area contributed by atoms with Crippen LogP contribution in [0.25, 0.3) is 0 Å². The van der Waals surface area contributed by atoms with Crippen molar-refractivity contribution in [2.45, 2.75) is 0 Å². The molecule has 4 heavy (non-hydrogen) atoms. The van der Waals surface area contributed by atoms with Crippen molar-refractivity contribution >= 4 is 45.5 Å². The molecule has 0 amide bonds. The maximum atomic E-state index is 8.18. The molecule has 0 aromatic heterocycles. The first kappa shape index (κ1) is 16.9. The zero-order chi connectivity index (χ0) is 2.00. The van der Waals surface area contributed by atoms with Crippen LogP contribution in [0.4, 0.5) is 0 Å². The van der Waals surface area contributed by atoms with Crippen LogP contribution < -0.4 is 0 Å². The molecule has 0 unspecified atom stereocenters. The van der Waals surface area contributed by atoms with Crippen LogP contribution in [0.3, 0.4) is 0 Å². The van der Waals surface area contributed by atoms with Crippen LogP contribution >= 0.6 is 0 Å². The molecule has 4 heteroatoms. The third kappa shape index (κ3) is 9.12. The van der Waals surface area contributed by atoms with Gasteiger partial charge in [-0.25, -0.2) is 0 Å². The summed E-state index contributed by atoms with van der Waals surface area (Å²) in [5, 5.41) is 0. The summed E-state index contributed by atoms with van der Waals surface area (Å²) in [5.74, 6) is 0. The maximum absolute atomic E-state index is 8.18. The van der Waals surface area contributed by atoms with Crippen molar-refractivity contribution in [1.82, 2.24) is 0 Å². The molecule has 0 saturated carbocycles. The summed E-state index contributed by atoms with van der Waals surface area (Å²) in [7, 11) is 0. The van der Waals surface area contributed by atoms with Gasteiger partial charge in [-0.3, -0.25) is 0 Å². The van der Waals surface area contributed by atoms with E-state index >= 15 is 0 Å². The van der Waals surface area contributed by atoms with Gasteiger partial charge in [0, 0.05) is 0 Å². The Morgan fingerprint density at radius 2 is 1.25 bits per heavy atom. The van der Waals surface area contributed by atoms with Gasteiger partial charge in [-0.15, -0.1) is 0 Å². The van der Waals surface area contributed by atoms with Crippen molar-refractivity contribution in [2.24, 2.45) is 0 Å². The summed E-state index contributed by atoms with van der Waals surface area (Å²) in [6.07, 6.45) is 0. The van der Waals surface area contributed by atoms with Crippen molar-refractivity contribution in [2.75, 3.05) is 0 Å². The van der Waals surface area contributed by atoms with E-state index in [-0.39, 0.29) is 51.0 Å². The molecule has 0 aromatic carbocycles. The molecule has 0 spiro atoms. The van der Waals surface area contributed by atoms with Crippen LogP contribution in [-0.2, 0) is 27.3 Å². The van der Waals surface area contributed by atoms with Gasteiger partial charge < -0.3 is 5.48 Å². The average Bonchev–Trinajstić information content (AvgIpc) is 1.00. The molecule has 21 valence electrons. The molecule has 0 aliphatic carbocycles. The van der Waals surface area contributed by atoms with E-state index in [1.165, 1.54) is 0 Å². The Hall–Kier alpha value is 1.86. The molecule has 0 aromatic rings. The first-order valence-corrected chi connectivity index (χ1v) is 0.854. The monoisotopic (exact) mass is 222 g/mol. The molecule has 2 nitrogen and oxygen atoms in total. The van der Waals surface area contributed by atoms with E-state index in [0.717, 1.165) is 18.3 Å². The van der Waals surface area contributed by atoms with Crippen LogP contribution in [0.15, 0.2) is 0 Å². The van der Waals surface area contributed by atoms with Gasteiger partial charge >= 0.3 is 67.3 Å². The van der Waals surface area contributed by atoms with Crippen LogP contribution in [0, 0.1) is 0 Å². The van der Waals surface area contributed by atoms with Crippen molar-refractivity contribution < 1.29 is 27.3 Å². The van der Waals surface area contributed by atoms with Crippen molar-refractivity contribution in [1.29, 1.82) is 0 Å². The van der Waals surface area contributed by atoms with E-state index in [0.29, 0.717) is 0 Å². The Kier molecular flexibility index (Phi) is 88.4. The zero-order valence-corrected chi connectivity index (χ0v) is 7.09. The minimum absolute atomic E-state index is 0. The van der Waals surface area contributed by atoms with Gasteiger partial charge in [0.25, 0.3) is 0 Å². The zero-order valence-electron chi connectivity index (χ0n) is 1.88. The van der Waals surface area contributed by atoms with E-state index in [1.54, 1.807) is 0 Å². The summed E-state index contributed by atoms with van der Waals surface area (Å²) in [4.78, 5) is 0. The molecular formula is O2RuSr+. The van der Waals surface area contributed by atoms with E-state index in [9.17, 15) is 0 Å². The van der Waals surface area contributed by atoms with Crippen LogP contribution in [0.1, 0.15) is 0 Å². The maximum Gasteiger partial charge on any atom is 2.00 e. The minimum Gasteiger partial charge on any atom is 2.00 e. The summed E-state index contributed by atoms with van der Waals surface area (Å²) in [6.45, 7) is 0. The molecule has 0 bridgehead atoms. The fourth-order valence-corrected chi connectivity index (χ4v) is 0. The van der Waals surface area contributed by atoms with Crippen LogP contribution in [0.2, 0.25) is 0 Å². The second kappa shape index (κ2) is 20.9. The van der Waals surface area contributed by atoms with Gasteiger partial charge in [0.1, 0.15) is 0 Å². The summed E-state index contributed by atoms with van der Waals surface area (Å²) < 4.78 is 8.18. The SMILES string of the molecule is [O-2].[O]=[Ru+].[Sr+2]. The standard InChI is InChI=1S/2O.Ru.Sr/q;-2;+1;+2. The molecule has 0 rings (SSSR count). The Bertz CT molecular complexity index is 6.00. The molecule has 0 aliphatic heterocycles. The van der Waals surface area contributed by atoms with Gasteiger partial charge in [-0.05, 0) is 0 Å². The fraction of sp³-hybridized carbons (Fsp3) is 0. The summed E-state index contributed by atoms with van der Waals surface area (Å²) in [5.41, 5.74) is 0. The molecule has 0 atom stereocenters. The molecule has 0 fully saturated rings. The van der Waals surface area contributed by atoms with E-state index in [4.69, 9.17) is 3.57 Å². The molecule has 0 N–H and O–H groups in total. The third-order valence-electron chi connectivity index (χ3n) is 0. The Morgan fingerprint density at radius 3 is 1.25 bits per heavy atom. The second-order valence-electron chi connectivity index (χ2n) is 0. The molecule has 0 saturated heterocycles.